The van der Waals surface area contributed by atoms with Crippen LogP contribution in [0.4, 0.5) is 0 Å². The number of hydrogen-bond acceptors (Lipinski definition) is 11. The zero-order chi connectivity index (χ0) is 18.7. The van der Waals surface area contributed by atoms with Crippen molar-refractivity contribution in [1.82, 2.24) is 0 Å². The van der Waals surface area contributed by atoms with Gasteiger partial charge >= 0.3 is 0 Å². The maximum absolute atomic E-state index is 10.2. The molecule has 11 heteroatoms. The average Bonchev–Trinajstić information content (AvgIpc) is 2.61. The van der Waals surface area contributed by atoms with Gasteiger partial charge in [0.25, 0.3) is 0 Å². The molecule has 2 aliphatic rings. The molecule has 11 nitrogen and oxygen atoms in total. The second-order valence-corrected chi connectivity index (χ2v) is 5.96. The molecule has 2 rings (SSSR count). The molecular weight excluding hydrogens is 356 g/mol. The van der Waals surface area contributed by atoms with Crippen LogP contribution in [0.1, 0.15) is 14.4 Å². The Labute approximate surface area is 151 Å². The average molecular weight is 386 g/mol. The Balaban J connectivity index is 0.00000338. The van der Waals surface area contributed by atoms with Gasteiger partial charge in [-0.05, 0) is 6.92 Å². The van der Waals surface area contributed by atoms with Crippen molar-refractivity contribution in [3.8, 4) is 0 Å². The van der Waals surface area contributed by atoms with Crippen LogP contribution in [-0.4, -0.2) is 117 Å². The molecule has 7 N–H and O–H groups in total. The smallest absolute Gasteiger partial charge is 0.187 e. The number of ether oxygens (including phenoxy) is 4. The van der Waals surface area contributed by atoms with Gasteiger partial charge in [-0.1, -0.05) is 7.43 Å². The first-order valence-corrected chi connectivity index (χ1v) is 8.05. The SMILES string of the molecule is C.CCOC1OC(CO)C(O)C(O)C1OC1OC(CO)C(O)C(O)C1O. The van der Waals surface area contributed by atoms with E-state index in [0.717, 1.165) is 0 Å². The van der Waals surface area contributed by atoms with E-state index in [9.17, 15) is 35.7 Å². The van der Waals surface area contributed by atoms with Crippen molar-refractivity contribution >= 4 is 0 Å². The lowest BCUT2D eigenvalue weighted by Gasteiger charge is -2.45. The standard InChI is InChI=1S/C14H26O11.CH4/c1-2-22-14-12(10(20)8(18)6(4-16)24-14)25-13-11(21)9(19)7(17)5(3-15)23-13;/h5-21H,2-4H2,1H3;1H4. The van der Waals surface area contributed by atoms with Gasteiger partial charge in [0.05, 0.1) is 13.2 Å². The van der Waals surface area contributed by atoms with Crippen molar-refractivity contribution in [3.63, 3.8) is 0 Å². The lowest BCUT2D eigenvalue weighted by molar-refractivity contribution is -0.366. The minimum atomic E-state index is -1.68. The maximum atomic E-state index is 10.2. The fourth-order valence-electron chi connectivity index (χ4n) is 2.83. The van der Waals surface area contributed by atoms with Crippen LogP contribution in [0.5, 0.6) is 0 Å². The van der Waals surface area contributed by atoms with E-state index in [2.05, 4.69) is 0 Å². The Morgan fingerprint density at radius 1 is 0.731 bits per heavy atom. The zero-order valence-corrected chi connectivity index (χ0v) is 13.7. The lowest BCUT2D eigenvalue weighted by atomic mass is 9.97. The minimum Gasteiger partial charge on any atom is -0.394 e. The van der Waals surface area contributed by atoms with Crippen LogP contribution in [0.25, 0.3) is 0 Å². The number of hydrogen-bond donors (Lipinski definition) is 7. The third-order valence-electron chi connectivity index (χ3n) is 4.30. The van der Waals surface area contributed by atoms with Crippen LogP contribution in [0.3, 0.4) is 0 Å². The Kier molecular flexibility index (Phi) is 9.26. The highest BCUT2D eigenvalue weighted by molar-refractivity contribution is 4.93. The van der Waals surface area contributed by atoms with Crippen LogP contribution >= 0.6 is 0 Å². The normalized spacial score (nSPS) is 46.6. The van der Waals surface area contributed by atoms with Crippen LogP contribution in [0, 0.1) is 0 Å². The van der Waals surface area contributed by atoms with E-state index in [1.54, 1.807) is 6.92 Å². The number of aliphatic hydroxyl groups excluding tert-OH is 7. The Bertz CT molecular complexity index is 409. The first kappa shape index (κ1) is 23.6. The summed E-state index contributed by atoms with van der Waals surface area (Å²) in [5, 5.41) is 68.2. The van der Waals surface area contributed by atoms with Crippen molar-refractivity contribution in [2.75, 3.05) is 19.8 Å². The molecule has 0 aromatic heterocycles. The molecule has 26 heavy (non-hydrogen) atoms. The molecule has 10 atom stereocenters. The van der Waals surface area contributed by atoms with E-state index in [4.69, 9.17) is 18.9 Å². The Hall–Kier alpha value is -0.440. The van der Waals surface area contributed by atoms with E-state index < -0.39 is 74.6 Å². The van der Waals surface area contributed by atoms with Crippen LogP contribution in [-0.2, 0) is 18.9 Å². The van der Waals surface area contributed by atoms with Crippen molar-refractivity contribution < 1.29 is 54.7 Å². The largest absolute Gasteiger partial charge is 0.394 e. The fourth-order valence-corrected chi connectivity index (χ4v) is 2.83. The molecule has 10 unspecified atom stereocenters. The quantitative estimate of drug-likeness (QED) is 0.239. The van der Waals surface area contributed by atoms with Gasteiger partial charge in [0.2, 0.25) is 0 Å². The molecular formula is C15H30O11. The molecule has 0 aromatic rings. The van der Waals surface area contributed by atoms with Gasteiger partial charge in [-0.15, -0.1) is 0 Å². The molecule has 0 aromatic carbocycles. The topological polar surface area (TPSA) is 179 Å². The second-order valence-electron chi connectivity index (χ2n) is 5.96. The first-order valence-electron chi connectivity index (χ1n) is 8.05. The summed E-state index contributed by atoms with van der Waals surface area (Å²) in [7, 11) is 0. The van der Waals surface area contributed by atoms with Gasteiger partial charge in [0.1, 0.15) is 48.8 Å². The Morgan fingerprint density at radius 2 is 1.23 bits per heavy atom. The Morgan fingerprint density at radius 3 is 1.73 bits per heavy atom. The van der Waals surface area contributed by atoms with Crippen LogP contribution in [0.15, 0.2) is 0 Å². The molecule has 156 valence electrons. The predicted molar refractivity (Wildman–Crippen MR) is 84.8 cm³/mol. The third kappa shape index (κ3) is 4.69. The molecule has 2 heterocycles. The summed E-state index contributed by atoms with van der Waals surface area (Å²) in [6.45, 7) is 0.618. The van der Waals surface area contributed by atoms with Gasteiger partial charge in [-0.3, -0.25) is 0 Å². The van der Waals surface area contributed by atoms with Crippen molar-refractivity contribution in [3.05, 3.63) is 0 Å². The zero-order valence-electron chi connectivity index (χ0n) is 13.7. The predicted octanol–water partition coefficient (Wildman–Crippen LogP) is -3.72. The second kappa shape index (κ2) is 10.2. The first-order chi connectivity index (χ1) is 11.8. The lowest BCUT2D eigenvalue weighted by Crippen LogP contribution is -2.64. The number of rotatable bonds is 6. The molecule has 0 bridgehead atoms. The summed E-state index contributed by atoms with van der Waals surface area (Å²) >= 11 is 0. The monoisotopic (exact) mass is 386 g/mol. The van der Waals surface area contributed by atoms with E-state index in [-0.39, 0.29) is 14.0 Å². The van der Waals surface area contributed by atoms with E-state index in [1.165, 1.54) is 0 Å². The summed E-state index contributed by atoms with van der Waals surface area (Å²) < 4.78 is 21.3. The summed E-state index contributed by atoms with van der Waals surface area (Å²) in [5.74, 6) is 0. The van der Waals surface area contributed by atoms with E-state index in [1.807, 2.05) is 0 Å². The van der Waals surface area contributed by atoms with E-state index >= 15 is 0 Å². The van der Waals surface area contributed by atoms with E-state index in [0.29, 0.717) is 0 Å². The summed E-state index contributed by atoms with van der Waals surface area (Å²) in [6.07, 6.45) is -14.2. The van der Waals surface area contributed by atoms with Gasteiger partial charge < -0.3 is 54.7 Å². The van der Waals surface area contributed by atoms with Gasteiger partial charge in [-0.2, -0.15) is 0 Å². The summed E-state index contributed by atoms with van der Waals surface area (Å²) in [4.78, 5) is 0. The van der Waals surface area contributed by atoms with Crippen molar-refractivity contribution in [2.24, 2.45) is 0 Å². The summed E-state index contributed by atoms with van der Waals surface area (Å²) in [5.41, 5.74) is 0. The molecule has 0 spiro atoms. The summed E-state index contributed by atoms with van der Waals surface area (Å²) in [6, 6.07) is 0. The van der Waals surface area contributed by atoms with Crippen LogP contribution in [0.2, 0.25) is 0 Å². The van der Waals surface area contributed by atoms with Crippen molar-refractivity contribution in [1.29, 1.82) is 0 Å². The van der Waals surface area contributed by atoms with Crippen molar-refractivity contribution in [2.45, 2.75) is 75.8 Å². The van der Waals surface area contributed by atoms with Gasteiger partial charge in [0.15, 0.2) is 12.6 Å². The fraction of sp³-hybridized carbons (Fsp3) is 1.00. The highest BCUT2D eigenvalue weighted by Crippen LogP contribution is 2.29. The molecule has 2 fully saturated rings. The highest BCUT2D eigenvalue weighted by Gasteiger charge is 2.50. The van der Waals surface area contributed by atoms with Gasteiger partial charge in [0, 0.05) is 6.61 Å². The third-order valence-corrected chi connectivity index (χ3v) is 4.30. The molecule has 2 saturated heterocycles. The maximum Gasteiger partial charge on any atom is 0.187 e. The molecule has 0 saturated carbocycles. The van der Waals surface area contributed by atoms with Gasteiger partial charge in [-0.25, -0.2) is 0 Å². The molecule has 0 aliphatic carbocycles. The minimum absolute atomic E-state index is 0. The molecule has 2 aliphatic heterocycles. The molecule has 0 amide bonds. The van der Waals surface area contributed by atoms with Crippen LogP contribution < -0.4 is 0 Å². The molecule has 0 radical (unpaired) electrons. The number of aliphatic hydroxyl groups is 7. The highest BCUT2D eigenvalue weighted by atomic mass is 16.8.